The molecule has 0 spiro atoms. The fraction of sp³-hybridized carbons (Fsp3) is 0.625. The summed E-state index contributed by atoms with van der Waals surface area (Å²) in [5.41, 5.74) is -2.90. The van der Waals surface area contributed by atoms with Crippen LogP contribution in [0.25, 0.3) is 0 Å². The molecule has 0 fully saturated rings. The second kappa shape index (κ2) is 4.72. The highest BCUT2D eigenvalue weighted by atomic mass is 19.1. The van der Waals surface area contributed by atoms with Crippen LogP contribution in [0.15, 0.2) is 0 Å². The van der Waals surface area contributed by atoms with Crippen molar-refractivity contribution in [1.82, 2.24) is 0 Å². The molecule has 0 heterocycles. The Hall–Kier alpha value is -1.66. The number of carbonyl (C=O) groups is 3. The van der Waals surface area contributed by atoms with Gasteiger partial charge >= 0.3 is 17.9 Å². The van der Waals surface area contributed by atoms with Crippen molar-refractivity contribution in [2.24, 2.45) is 5.41 Å². The third-order valence-electron chi connectivity index (χ3n) is 2.06. The van der Waals surface area contributed by atoms with Crippen molar-refractivity contribution < 1.29 is 34.1 Å². The predicted molar refractivity (Wildman–Crippen MR) is 45.1 cm³/mol. The summed E-state index contributed by atoms with van der Waals surface area (Å²) >= 11 is 0. The van der Waals surface area contributed by atoms with Gasteiger partial charge in [0.25, 0.3) is 0 Å². The maximum absolute atomic E-state index is 13.2. The second-order valence-electron chi connectivity index (χ2n) is 3.03. The van der Waals surface area contributed by atoms with Crippen LogP contribution >= 0.6 is 0 Å². The Labute approximate surface area is 84.3 Å². The van der Waals surface area contributed by atoms with Crippen LogP contribution in [0.5, 0.6) is 0 Å². The molecule has 7 heteroatoms. The van der Waals surface area contributed by atoms with Gasteiger partial charge in [-0.3, -0.25) is 9.59 Å². The SMILES string of the molecule is CCCC(C(=O)O)(C(=O)O)C(F)C(=O)O. The van der Waals surface area contributed by atoms with Gasteiger partial charge in [-0.15, -0.1) is 0 Å². The molecular formula is C8H11FO6. The molecule has 0 aromatic rings. The molecule has 0 saturated carbocycles. The average Bonchev–Trinajstić information content (AvgIpc) is 2.11. The largest absolute Gasteiger partial charge is 0.480 e. The minimum absolute atomic E-state index is 0.0479. The number of rotatable bonds is 6. The lowest BCUT2D eigenvalue weighted by molar-refractivity contribution is -0.177. The smallest absolute Gasteiger partial charge is 0.340 e. The number of hydrogen-bond donors (Lipinski definition) is 3. The van der Waals surface area contributed by atoms with Gasteiger partial charge in [-0.05, 0) is 6.42 Å². The number of halogens is 1. The molecule has 6 nitrogen and oxygen atoms in total. The summed E-state index contributed by atoms with van der Waals surface area (Å²) < 4.78 is 13.2. The first-order valence-corrected chi connectivity index (χ1v) is 4.14. The van der Waals surface area contributed by atoms with E-state index in [4.69, 9.17) is 15.3 Å². The number of alkyl halides is 1. The molecule has 0 aromatic heterocycles. The molecule has 86 valence electrons. The number of carboxylic acids is 3. The molecule has 15 heavy (non-hydrogen) atoms. The van der Waals surface area contributed by atoms with Crippen LogP contribution in [-0.2, 0) is 14.4 Å². The topological polar surface area (TPSA) is 112 Å². The molecule has 0 amide bonds. The van der Waals surface area contributed by atoms with Crippen LogP contribution in [0.4, 0.5) is 4.39 Å². The van der Waals surface area contributed by atoms with Crippen LogP contribution in [0, 0.1) is 5.41 Å². The highest BCUT2D eigenvalue weighted by Gasteiger charge is 2.56. The standard InChI is InChI=1S/C8H11FO6/c1-2-3-8(6(12)13,7(14)15)4(9)5(10)11/h4H,2-3H2,1H3,(H,10,11)(H,12,13)(H,14,15). The van der Waals surface area contributed by atoms with E-state index in [0.29, 0.717) is 0 Å². The fourth-order valence-electron chi connectivity index (χ4n) is 1.25. The molecule has 0 aliphatic carbocycles. The first-order chi connectivity index (χ1) is 6.80. The Morgan fingerprint density at radius 3 is 1.80 bits per heavy atom. The number of hydrogen-bond acceptors (Lipinski definition) is 3. The van der Waals surface area contributed by atoms with Crippen molar-refractivity contribution >= 4 is 17.9 Å². The quantitative estimate of drug-likeness (QED) is 0.559. The Morgan fingerprint density at radius 1 is 1.20 bits per heavy atom. The maximum atomic E-state index is 13.2. The zero-order valence-electron chi connectivity index (χ0n) is 7.94. The van der Waals surface area contributed by atoms with Crippen LogP contribution in [0.3, 0.4) is 0 Å². The van der Waals surface area contributed by atoms with E-state index < -0.39 is 35.9 Å². The van der Waals surface area contributed by atoms with Gasteiger partial charge in [0.2, 0.25) is 11.6 Å². The van der Waals surface area contributed by atoms with Gasteiger partial charge in [-0.25, -0.2) is 9.18 Å². The fourth-order valence-corrected chi connectivity index (χ4v) is 1.25. The van der Waals surface area contributed by atoms with Crippen molar-refractivity contribution in [3.05, 3.63) is 0 Å². The zero-order chi connectivity index (χ0) is 12.2. The first kappa shape index (κ1) is 13.3. The van der Waals surface area contributed by atoms with Crippen LogP contribution < -0.4 is 0 Å². The van der Waals surface area contributed by atoms with Gasteiger partial charge in [0, 0.05) is 0 Å². The lowest BCUT2D eigenvalue weighted by atomic mass is 9.79. The summed E-state index contributed by atoms with van der Waals surface area (Å²) in [7, 11) is 0. The summed E-state index contributed by atoms with van der Waals surface area (Å²) in [6.07, 6.45) is -3.50. The van der Waals surface area contributed by atoms with E-state index in [0.717, 1.165) is 0 Å². The van der Waals surface area contributed by atoms with Crippen LogP contribution in [0.2, 0.25) is 0 Å². The van der Waals surface area contributed by atoms with Gasteiger partial charge in [0.05, 0.1) is 0 Å². The molecule has 0 rings (SSSR count). The lowest BCUT2D eigenvalue weighted by Gasteiger charge is -2.25. The minimum Gasteiger partial charge on any atom is -0.480 e. The van der Waals surface area contributed by atoms with E-state index in [1.54, 1.807) is 0 Å². The summed E-state index contributed by atoms with van der Waals surface area (Å²) in [6.45, 7) is 1.44. The van der Waals surface area contributed by atoms with E-state index in [1.165, 1.54) is 6.92 Å². The third-order valence-corrected chi connectivity index (χ3v) is 2.06. The molecule has 3 N–H and O–H groups in total. The molecule has 0 saturated heterocycles. The molecule has 0 aliphatic heterocycles. The number of aliphatic carboxylic acids is 3. The molecule has 0 aromatic carbocycles. The summed E-state index contributed by atoms with van der Waals surface area (Å²) in [6, 6.07) is 0. The zero-order valence-corrected chi connectivity index (χ0v) is 7.94. The van der Waals surface area contributed by atoms with Crippen LogP contribution in [0.1, 0.15) is 19.8 Å². The van der Waals surface area contributed by atoms with Crippen molar-refractivity contribution in [2.45, 2.75) is 25.9 Å². The highest BCUT2D eigenvalue weighted by Crippen LogP contribution is 2.32. The highest BCUT2D eigenvalue weighted by molar-refractivity contribution is 6.03. The summed E-state index contributed by atoms with van der Waals surface area (Å²) in [4.78, 5) is 31.8. The summed E-state index contributed by atoms with van der Waals surface area (Å²) in [5, 5.41) is 25.7. The van der Waals surface area contributed by atoms with E-state index in [1.807, 2.05) is 0 Å². The Kier molecular flexibility index (Phi) is 4.20. The second-order valence-corrected chi connectivity index (χ2v) is 3.03. The van der Waals surface area contributed by atoms with Crippen molar-refractivity contribution in [2.75, 3.05) is 0 Å². The van der Waals surface area contributed by atoms with E-state index >= 15 is 0 Å². The van der Waals surface area contributed by atoms with Gasteiger partial charge in [0.1, 0.15) is 0 Å². The molecule has 0 radical (unpaired) electrons. The monoisotopic (exact) mass is 222 g/mol. The maximum Gasteiger partial charge on any atom is 0.340 e. The predicted octanol–water partition coefficient (Wildman–Crippen LogP) is 0.365. The Bertz CT molecular complexity index is 273. The molecule has 1 unspecified atom stereocenters. The summed E-state index contributed by atoms with van der Waals surface area (Å²) in [5.74, 6) is -6.05. The minimum atomic E-state index is -2.97. The van der Waals surface area contributed by atoms with Gasteiger partial charge in [-0.1, -0.05) is 13.3 Å². The molecule has 0 bridgehead atoms. The van der Waals surface area contributed by atoms with E-state index in [-0.39, 0.29) is 6.42 Å². The van der Waals surface area contributed by atoms with Crippen molar-refractivity contribution in [3.8, 4) is 0 Å². The average molecular weight is 222 g/mol. The van der Waals surface area contributed by atoms with E-state index in [9.17, 15) is 18.8 Å². The van der Waals surface area contributed by atoms with Crippen molar-refractivity contribution in [1.29, 1.82) is 0 Å². The normalized spacial score (nSPS) is 13.2. The third kappa shape index (κ3) is 2.23. The van der Waals surface area contributed by atoms with Gasteiger partial charge < -0.3 is 15.3 Å². The Morgan fingerprint density at radius 2 is 1.60 bits per heavy atom. The van der Waals surface area contributed by atoms with E-state index in [2.05, 4.69) is 0 Å². The van der Waals surface area contributed by atoms with Crippen molar-refractivity contribution in [3.63, 3.8) is 0 Å². The molecule has 0 aliphatic rings. The van der Waals surface area contributed by atoms with Gasteiger partial charge in [-0.2, -0.15) is 0 Å². The first-order valence-electron chi connectivity index (χ1n) is 4.14. The lowest BCUT2D eigenvalue weighted by Crippen LogP contribution is -2.50. The van der Waals surface area contributed by atoms with Gasteiger partial charge in [0.15, 0.2) is 0 Å². The molecular weight excluding hydrogens is 211 g/mol. The van der Waals surface area contributed by atoms with Crippen LogP contribution in [-0.4, -0.2) is 39.4 Å². The number of carboxylic acid groups (broad SMARTS) is 3. The Balaban J connectivity index is 5.40. The molecule has 1 atom stereocenters.